The van der Waals surface area contributed by atoms with E-state index in [2.05, 4.69) is 5.32 Å². The lowest BCUT2D eigenvalue weighted by atomic mass is 9.93. The molecule has 1 aliphatic rings. The van der Waals surface area contributed by atoms with Crippen LogP contribution in [0, 0.1) is 5.92 Å². The summed E-state index contributed by atoms with van der Waals surface area (Å²) in [5, 5.41) is 2.61. The van der Waals surface area contributed by atoms with E-state index < -0.39 is 11.7 Å². The Bertz CT molecular complexity index is 877. The zero-order valence-corrected chi connectivity index (χ0v) is 16.5. The van der Waals surface area contributed by atoms with Gasteiger partial charge in [0.05, 0.1) is 12.7 Å². The van der Waals surface area contributed by atoms with Gasteiger partial charge in [0.15, 0.2) is 5.76 Å². The van der Waals surface area contributed by atoms with Gasteiger partial charge in [-0.1, -0.05) is 0 Å². The van der Waals surface area contributed by atoms with Crippen molar-refractivity contribution in [3.63, 3.8) is 0 Å². The lowest BCUT2D eigenvalue weighted by molar-refractivity contribution is -0.137. The zero-order chi connectivity index (χ0) is 21.7. The number of likely N-dealkylation sites (tertiary alicyclic amines) is 1. The molecule has 0 aliphatic carbocycles. The second-order valence-corrected chi connectivity index (χ2v) is 7.24. The van der Waals surface area contributed by atoms with Crippen molar-refractivity contribution < 1.29 is 31.9 Å². The number of methoxy groups -OCH3 is 1. The second kappa shape index (κ2) is 9.23. The van der Waals surface area contributed by atoms with Crippen LogP contribution in [-0.4, -0.2) is 36.9 Å². The zero-order valence-electron chi connectivity index (χ0n) is 16.5. The first-order valence-electron chi connectivity index (χ1n) is 9.66. The molecule has 1 N–H and O–H groups in total. The van der Waals surface area contributed by atoms with Crippen LogP contribution in [0.5, 0.6) is 5.95 Å². The van der Waals surface area contributed by atoms with E-state index in [1.807, 2.05) is 0 Å². The maximum absolute atomic E-state index is 12.6. The molecular weight excluding hydrogens is 401 g/mol. The number of hydrogen-bond donors (Lipinski definition) is 1. The van der Waals surface area contributed by atoms with Crippen molar-refractivity contribution in [2.24, 2.45) is 5.92 Å². The van der Waals surface area contributed by atoms with Gasteiger partial charge in [0.25, 0.3) is 11.9 Å². The van der Waals surface area contributed by atoms with Crippen LogP contribution in [0.3, 0.4) is 0 Å². The molecule has 0 bridgehead atoms. The van der Waals surface area contributed by atoms with Crippen LogP contribution in [0.1, 0.15) is 41.8 Å². The first-order valence-corrected chi connectivity index (χ1v) is 9.66. The number of alkyl halides is 3. The molecule has 1 aliphatic heterocycles. The lowest BCUT2D eigenvalue weighted by Gasteiger charge is -2.32. The van der Waals surface area contributed by atoms with Crippen molar-refractivity contribution in [1.29, 1.82) is 0 Å². The summed E-state index contributed by atoms with van der Waals surface area (Å²) in [6.07, 6.45) is -1.87. The Morgan fingerprint density at radius 1 is 1.20 bits per heavy atom. The van der Waals surface area contributed by atoms with Gasteiger partial charge in [-0.25, -0.2) is 0 Å². The van der Waals surface area contributed by atoms with Crippen molar-refractivity contribution in [2.45, 2.75) is 31.9 Å². The van der Waals surface area contributed by atoms with Gasteiger partial charge in [-0.05, 0) is 55.5 Å². The molecule has 1 fully saturated rings. The molecule has 1 aromatic carbocycles. The number of benzene rings is 1. The average molecular weight is 424 g/mol. The number of halogens is 3. The monoisotopic (exact) mass is 424 g/mol. The van der Waals surface area contributed by atoms with Crippen molar-refractivity contribution in [1.82, 2.24) is 4.90 Å². The average Bonchev–Trinajstić information content (AvgIpc) is 3.21. The Hall–Kier alpha value is -2.97. The van der Waals surface area contributed by atoms with E-state index in [4.69, 9.17) is 9.15 Å². The molecule has 1 unspecified atom stereocenters. The largest absolute Gasteiger partial charge is 0.468 e. The quantitative estimate of drug-likeness (QED) is 0.737. The summed E-state index contributed by atoms with van der Waals surface area (Å²) in [7, 11) is 1.46. The van der Waals surface area contributed by atoms with Crippen molar-refractivity contribution in [2.75, 3.05) is 25.5 Å². The van der Waals surface area contributed by atoms with Gasteiger partial charge in [0, 0.05) is 31.3 Å². The van der Waals surface area contributed by atoms with Gasteiger partial charge in [-0.15, -0.1) is 0 Å². The van der Waals surface area contributed by atoms with E-state index in [1.165, 1.54) is 19.2 Å². The third-order valence-electron chi connectivity index (χ3n) is 5.08. The Morgan fingerprint density at radius 2 is 1.93 bits per heavy atom. The van der Waals surface area contributed by atoms with Gasteiger partial charge in [0.2, 0.25) is 5.91 Å². The number of anilines is 1. The molecule has 6 nitrogen and oxygen atoms in total. The molecule has 3 rings (SSSR count). The summed E-state index contributed by atoms with van der Waals surface area (Å²) in [5.41, 5.74) is -0.443. The summed E-state index contributed by atoms with van der Waals surface area (Å²) in [4.78, 5) is 26.4. The number of carbonyl (C=O) groups excluding carboxylic acids is 2. The molecule has 162 valence electrons. The molecule has 30 heavy (non-hydrogen) atoms. The first-order chi connectivity index (χ1) is 14.3. The van der Waals surface area contributed by atoms with E-state index in [0.29, 0.717) is 25.2 Å². The summed E-state index contributed by atoms with van der Waals surface area (Å²) in [5.74, 6) is 0.170. The molecule has 1 atom stereocenters. The highest BCUT2D eigenvalue weighted by atomic mass is 19.4. The topological polar surface area (TPSA) is 71.8 Å². The number of hydrogen-bond acceptors (Lipinski definition) is 4. The van der Waals surface area contributed by atoms with E-state index in [-0.39, 0.29) is 35.9 Å². The maximum Gasteiger partial charge on any atom is 0.416 e. The number of nitrogens with zero attached hydrogens (tertiary/aromatic N) is 1. The van der Waals surface area contributed by atoms with Gasteiger partial charge < -0.3 is 19.4 Å². The smallest absolute Gasteiger partial charge is 0.416 e. The van der Waals surface area contributed by atoms with Crippen LogP contribution in [0.2, 0.25) is 0 Å². The van der Waals surface area contributed by atoms with Crippen molar-refractivity contribution >= 4 is 17.5 Å². The second-order valence-electron chi connectivity index (χ2n) is 7.24. The van der Waals surface area contributed by atoms with Crippen LogP contribution in [0.4, 0.5) is 18.9 Å². The van der Waals surface area contributed by atoms with Crippen LogP contribution in [0.15, 0.2) is 40.8 Å². The highest BCUT2D eigenvalue weighted by Crippen LogP contribution is 2.30. The molecule has 2 amide bonds. The number of carbonyl (C=O) groups is 2. The van der Waals surface area contributed by atoms with Crippen LogP contribution < -0.4 is 10.1 Å². The SMILES string of the molecule is COc1ccc(C(=O)N2CCCC(CCC(=O)Nc3ccc(C(F)(F)F)cc3)C2)o1. The molecular formula is C21H23F3N2O4. The summed E-state index contributed by atoms with van der Waals surface area (Å²) >= 11 is 0. The standard InChI is InChI=1S/C21H23F3N2O4/c1-29-19-11-9-17(30-19)20(28)26-12-2-3-14(13-26)4-10-18(27)25-16-7-5-15(6-8-16)21(22,23)24/h5-9,11,14H,2-4,10,12-13H2,1H3,(H,25,27). The Kier molecular flexibility index (Phi) is 6.69. The highest BCUT2D eigenvalue weighted by molar-refractivity contribution is 5.92. The van der Waals surface area contributed by atoms with Crippen LogP contribution in [-0.2, 0) is 11.0 Å². The molecule has 0 spiro atoms. The Morgan fingerprint density at radius 3 is 2.57 bits per heavy atom. The summed E-state index contributed by atoms with van der Waals surface area (Å²) < 4.78 is 48.1. The minimum atomic E-state index is -4.41. The van der Waals surface area contributed by atoms with Crippen LogP contribution >= 0.6 is 0 Å². The first kappa shape index (κ1) is 21.7. The van der Waals surface area contributed by atoms with Gasteiger partial charge >= 0.3 is 6.18 Å². The number of nitrogens with one attached hydrogen (secondary N) is 1. The molecule has 0 radical (unpaired) electrons. The Balaban J connectivity index is 1.48. The summed E-state index contributed by atoms with van der Waals surface area (Å²) in [6.45, 7) is 1.14. The fourth-order valence-corrected chi connectivity index (χ4v) is 3.49. The molecule has 1 aromatic heterocycles. The van der Waals surface area contributed by atoms with Gasteiger partial charge in [-0.3, -0.25) is 9.59 Å². The van der Waals surface area contributed by atoms with E-state index in [0.717, 1.165) is 25.0 Å². The van der Waals surface area contributed by atoms with Gasteiger partial charge in [0.1, 0.15) is 0 Å². The molecule has 9 heteroatoms. The molecule has 1 saturated heterocycles. The third-order valence-corrected chi connectivity index (χ3v) is 5.08. The van der Waals surface area contributed by atoms with Crippen LogP contribution in [0.25, 0.3) is 0 Å². The van der Waals surface area contributed by atoms with E-state index >= 15 is 0 Å². The van der Waals surface area contributed by atoms with Gasteiger partial charge in [-0.2, -0.15) is 13.2 Å². The minimum absolute atomic E-state index is 0.165. The highest BCUT2D eigenvalue weighted by Gasteiger charge is 2.30. The number of ether oxygens (including phenoxy) is 1. The normalized spacial score (nSPS) is 16.9. The van der Waals surface area contributed by atoms with E-state index in [9.17, 15) is 22.8 Å². The lowest BCUT2D eigenvalue weighted by Crippen LogP contribution is -2.40. The fourth-order valence-electron chi connectivity index (χ4n) is 3.49. The third kappa shape index (κ3) is 5.55. The predicted molar refractivity (Wildman–Crippen MR) is 103 cm³/mol. The molecule has 2 heterocycles. The van der Waals surface area contributed by atoms with Crippen molar-refractivity contribution in [3.05, 3.63) is 47.7 Å². The predicted octanol–water partition coefficient (Wildman–Crippen LogP) is 4.58. The molecule has 2 aromatic rings. The summed E-state index contributed by atoms with van der Waals surface area (Å²) in [6, 6.07) is 7.50. The molecule has 0 saturated carbocycles. The number of furan rings is 1. The number of piperidine rings is 1. The number of amides is 2. The van der Waals surface area contributed by atoms with Crippen molar-refractivity contribution in [3.8, 4) is 5.95 Å². The van der Waals surface area contributed by atoms with E-state index in [1.54, 1.807) is 17.0 Å². The number of rotatable bonds is 6. The minimum Gasteiger partial charge on any atom is -0.468 e. The fraction of sp³-hybridized carbons (Fsp3) is 0.429. The maximum atomic E-state index is 12.6. The Labute approximate surface area is 172 Å².